The zero-order valence-electron chi connectivity index (χ0n) is 15.0. The van der Waals surface area contributed by atoms with Crippen molar-refractivity contribution in [2.75, 3.05) is 26.7 Å². The molecule has 2 N–H and O–H groups in total. The Morgan fingerprint density at radius 3 is 2.69 bits per heavy atom. The molecule has 0 bridgehead atoms. The SMILES string of the molecule is CN(CC1CCN(Cc2ccccc2)C1)C(=O)c1coc(CN)c1.Cl.Cl. The standard InChI is InChI=1S/C19H25N3O2.2ClH/c1-21(19(23)17-9-18(10-20)24-14-17)11-16-7-8-22(13-16)12-15-5-3-2-4-6-15;;/h2-6,9,14,16H,7-8,10-13,20H2,1H3;2*1H. The molecule has 1 atom stereocenters. The molecule has 1 saturated heterocycles. The second kappa shape index (κ2) is 10.6. The van der Waals surface area contributed by atoms with Crippen molar-refractivity contribution < 1.29 is 9.21 Å². The van der Waals surface area contributed by atoms with Gasteiger partial charge in [0.05, 0.1) is 12.1 Å². The van der Waals surface area contributed by atoms with Crippen LogP contribution in [0, 0.1) is 5.92 Å². The summed E-state index contributed by atoms with van der Waals surface area (Å²) >= 11 is 0. The van der Waals surface area contributed by atoms with E-state index in [-0.39, 0.29) is 30.7 Å². The van der Waals surface area contributed by atoms with Crippen molar-refractivity contribution in [3.63, 3.8) is 0 Å². The third-order valence-electron chi connectivity index (χ3n) is 4.60. The predicted molar refractivity (Wildman–Crippen MR) is 108 cm³/mol. The van der Waals surface area contributed by atoms with Gasteiger partial charge in [-0.3, -0.25) is 9.69 Å². The Kier molecular flexibility index (Phi) is 9.16. The van der Waals surface area contributed by atoms with Crippen LogP contribution < -0.4 is 5.73 Å². The number of carbonyl (C=O) groups is 1. The first-order valence-electron chi connectivity index (χ1n) is 8.45. The minimum absolute atomic E-state index is 0. The van der Waals surface area contributed by atoms with Crippen molar-refractivity contribution in [3.05, 3.63) is 59.5 Å². The Labute approximate surface area is 167 Å². The summed E-state index contributed by atoms with van der Waals surface area (Å²) in [4.78, 5) is 16.7. The van der Waals surface area contributed by atoms with Gasteiger partial charge in [0.2, 0.25) is 0 Å². The highest BCUT2D eigenvalue weighted by atomic mass is 35.5. The molecule has 0 aliphatic carbocycles. The van der Waals surface area contributed by atoms with Crippen LogP contribution in [0.15, 0.2) is 47.1 Å². The first-order valence-corrected chi connectivity index (χ1v) is 8.45. The van der Waals surface area contributed by atoms with Crippen LogP contribution in [0.5, 0.6) is 0 Å². The van der Waals surface area contributed by atoms with E-state index in [0.29, 0.717) is 23.8 Å². The number of hydrogen-bond acceptors (Lipinski definition) is 4. The van der Waals surface area contributed by atoms with Crippen LogP contribution in [-0.4, -0.2) is 42.4 Å². The average Bonchev–Trinajstić information content (AvgIpc) is 3.24. The lowest BCUT2D eigenvalue weighted by Gasteiger charge is -2.21. The molecule has 5 nitrogen and oxygen atoms in total. The van der Waals surface area contributed by atoms with E-state index in [0.717, 1.165) is 32.6 Å². The fourth-order valence-electron chi connectivity index (χ4n) is 3.34. The van der Waals surface area contributed by atoms with Crippen molar-refractivity contribution in [1.29, 1.82) is 0 Å². The Morgan fingerprint density at radius 2 is 2.04 bits per heavy atom. The number of nitrogens with two attached hydrogens (primary N) is 1. The largest absolute Gasteiger partial charge is 0.467 e. The number of amides is 1. The highest BCUT2D eigenvalue weighted by molar-refractivity contribution is 5.93. The van der Waals surface area contributed by atoms with Crippen molar-refractivity contribution in [2.45, 2.75) is 19.5 Å². The quantitative estimate of drug-likeness (QED) is 0.809. The van der Waals surface area contributed by atoms with Gasteiger partial charge in [0, 0.05) is 26.7 Å². The topological polar surface area (TPSA) is 62.7 Å². The Hall–Kier alpha value is -1.53. The van der Waals surface area contributed by atoms with Gasteiger partial charge in [-0.1, -0.05) is 30.3 Å². The van der Waals surface area contributed by atoms with Crippen molar-refractivity contribution in [2.24, 2.45) is 11.7 Å². The van der Waals surface area contributed by atoms with E-state index in [2.05, 4.69) is 29.2 Å². The second-order valence-corrected chi connectivity index (χ2v) is 6.57. The number of halogens is 2. The van der Waals surface area contributed by atoms with Gasteiger partial charge in [0.15, 0.2) is 0 Å². The van der Waals surface area contributed by atoms with Crippen LogP contribution in [-0.2, 0) is 13.1 Å². The minimum Gasteiger partial charge on any atom is -0.467 e. The molecule has 26 heavy (non-hydrogen) atoms. The maximum atomic E-state index is 12.4. The molecule has 1 aliphatic rings. The van der Waals surface area contributed by atoms with Gasteiger partial charge in [-0.15, -0.1) is 24.8 Å². The molecule has 3 rings (SSSR count). The second-order valence-electron chi connectivity index (χ2n) is 6.57. The summed E-state index contributed by atoms with van der Waals surface area (Å²) in [7, 11) is 1.86. The molecule has 7 heteroatoms. The summed E-state index contributed by atoms with van der Waals surface area (Å²) in [6, 6.07) is 12.3. The molecule has 144 valence electrons. The predicted octanol–water partition coefficient (Wildman–Crippen LogP) is 3.18. The number of benzene rings is 1. The summed E-state index contributed by atoms with van der Waals surface area (Å²) in [5.41, 5.74) is 7.45. The highest BCUT2D eigenvalue weighted by Crippen LogP contribution is 2.20. The van der Waals surface area contributed by atoms with E-state index in [1.165, 1.54) is 11.8 Å². The summed E-state index contributed by atoms with van der Waals surface area (Å²) in [5.74, 6) is 1.16. The van der Waals surface area contributed by atoms with Crippen molar-refractivity contribution in [3.8, 4) is 0 Å². The zero-order valence-corrected chi connectivity index (χ0v) is 16.6. The molecule has 1 amide bonds. The third kappa shape index (κ3) is 5.74. The Balaban J connectivity index is 0.00000169. The van der Waals surface area contributed by atoms with Gasteiger partial charge >= 0.3 is 0 Å². The number of furan rings is 1. The zero-order chi connectivity index (χ0) is 16.9. The first-order chi connectivity index (χ1) is 11.7. The Bertz CT molecular complexity index is 678. The van der Waals surface area contributed by atoms with Crippen LogP contribution in [0.1, 0.15) is 28.1 Å². The molecule has 1 aliphatic heterocycles. The number of likely N-dealkylation sites (tertiary alicyclic amines) is 1. The van der Waals surface area contributed by atoms with Gasteiger partial charge in [0.1, 0.15) is 12.0 Å². The van der Waals surface area contributed by atoms with Gasteiger partial charge in [-0.2, -0.15) is 0 Å². The number of carbonyl (C=O) groups excluding carboxylic acids is 1. The fourth-order valence-corrected chi connectivity index (χ4v) is 3.34. The lowest BCUT2D eigenvalue weighted by atomic mass is 10.1. The van der Waals surface area contributed by atoms with Crippen LogP contribution in [0.4, 0.5) is 0 Å². The molecular weight excluding hydrogens is 373 g/mol. The third-order valence-corrected chi connectivity index (χ3v) is 4.60. The highest BCUT2D eigenvalue weighted by Gasteiger charge is 2.25. The summed E-state index contributed by atoms with van der Waals surface area (Å²) in [6.07, 6.45) is 2.63. The smallest absolute Gasteiger partial charge is 0.256 e. The molecule has 2 aromatic rings. The maximum absolute atomic E-state index is 12.4. The molecular formula is C19H27Cl2N3O2. The molecule has 0 radical (unpaired) electrons. The fraction of sp³-hybridized carbons (Fsp3) is 0.421. The number of hydrogen-bond donors (Lipinski definition) is 1. The van der Waals surface area contributed by atoms with E-state index in [9.17, 15) is 4.79 Å². The molecule has 1 aromatic heterocycles. The van der Waals surface area contributed by atoms with Crippen LogP contribution in [0.25, 0.3) is 0 Å². The molecule has 1 fully saturated rings. The molecule has 1 unspecified atom stereocenters. The van der Waals surface area contributed by atoms with E-state index in [1.54, 1.807) is 11.0 Å². The van der Waals surface area contributed by atoms with E-state index in [4.69, 9.17) is 10.2 Å². The van der Waals surface area contributed by atoms with Crippen LogP contribution >= 0.6 is 24.8 Å². The van der Waals surface area contributed by atoms with E-state index < -0.39 is 0 Å². The molecule has 1 aromatic carbocycles. The van der Waals surface area contributed by atoms with Gasteiger partial charge in [-0.05, 0) is 30.5 Å². The van der Waals surface area contributed by atoms with E-state index in [1.807, 2.05) is 13.1 Å². The summed E-state index contributed by atoms with van der Waals surface area (Å²) in [5, 5.41) is 0. The summed E-state index contributed by atoms with van der Waals surface area (Å²) < 4.78 is 5.26. The minimum atomic E-state index is -0.0000376. The van der Waals surface area contributed by atoms with Crippen molar-refractivity contribution in [1.82, 2.24) is 9.80 Å². The molecule has 0 saturated carbocycles. The molecule has 2 heterocycles. The summed E-state index contributed by atoms with van der Waals surface area (Å²) in [6.45, 7) is 4.19. The van der Waals surface area contributed by atoms with E-state index >= 15 is 0 Å². The average molecular weight is 400 g/mol. The van der Waals surface area contributed by atoms with Crippen LogP contribution in [0.3, 0.4) is 0 Å². The van der Waals surface area contributed by atoms with Gasteiger partial charge in [0.25, 0.3) is 5.91 Å². The number of rotatable bonds is 6. The monoisotopic (exact) mass is 399 g/mol. The maximum Gasteiger partial charge on any atom is 0.256 e. The normalized spacial score (nSPS) is 16.6. The van der Waals surface area contributed by atoms with Crippen molar-refractivity contribution >= 4 is 30.7 Å². The van der Waals surface area contributed by atoms with Gasteiger partial charge < -0.3 is 15.1 Å². The van der Waals surface area contributed by atoms with Gasteiger partial charge in [-0.25, -0.2) is 0 Å². The Morgan fingerprint density at radius 1 is 1.31 bits per heavy atom. The first kappa shape index (κ1) is 22.5. The molecule has 0 spiro atoms. The lowest BCUT2D eigenvalue weighted by molar-refractivity contribution is 0.0772. The lowest BCUT2D eigenvalue weighted by Crippen LogP contribution is -2.33. The number of nitrogens with zero attached hydrogens (tertiary/aromatic N) is 2. The van der Waals surface area contributed by atoms with Crippen LogP contribution in [0.2, 0.25) is 0 Å².